The Morgan fingerprint density at radius 1 is 0.846 bits per heavy atom. The van der Waals surface area contributed by atoms with Crippen molar-refractivity contribution in [1.29, 1.82) is 0 Å². The normalized spacial score (nSPS) is 12.5. The summed E-state index contributed by atoms with van der Waals surface area (Å²) in [6, 6.07) is 11.8. The second-order valence-corrected chi connectivity index (χ2v) is 6.43. The molecule has 0 atom stereocenters. The lowest BCUT2D eigenvalue weighted by Crippen LogP contribution is -2.22. The number of phenolic OH excluding ortho intramolecular Hbond substituents is 1. The SMILES string of the molecule is COc1cc2c3c(ccc2cc1O)-c1cc(OC)c(OC)cc1CN3C. The molecule has 4 rings (SSSR count). The van der Waals surface area contributed by atoms with Gasteiger partial charge in [-0.2, -0.15) is 0 Å². The van der Waals surface area contributed by atoms with Gasteiger partial charge in [0.15, 0.2) is 23.0 Å². The van der Waals surface area contributed by atoms with E-state index < -0.39 is 0 Å². The van der Waals surface area contributed by atoms with E-state index in [0.29, 0.717) is 11.5 Å². The molecule has 0 spiro atoms. The van der Waals surface area contributed by atoms with E-state index in [1.165, 1.54) is 5.56 Å². The molecule has 1 N–H and O–H groups in total. The molecule has 134 valence electrons. The van der Waals surface area contributed by atoms with Crippen LogP contribution in [-0.4, -0.2) is 33.5 Å². The van der Waals surface area contributed by atoms with Crippen LogP contribution in [0.3, 0.4) is 0 Å². The molecular weight excluding hydrogens is 330 g/mol. The van der Waals surface area contributed by atoms with Gasteiger partial charge >= 0.3 is 0 Å². The first-order valence-electron chi connectivity index (χ1n) is 8.37. The first kappa shape index (κ1) is 16.4. The van der Waals surface area contributed by atoms with Crippen LogP contribution in [0, 0.1) is 0 Å². The number of hydrogen-bond donors (Lipinski definition) is 1. The Labute approximate surface area is 152 Å². The Bertz CT molecular complexity index is 1010. The molecule has 5 nitrogen and oxygen atoms in total. The molecule has 0 fully saturated rings. The zero-order valence-electron chi connectivity index (χ0n) is 15.3. The lowest BCUT2D eigenvalue weighted by molar-refractivity contribution is 0.354. The van der Waals surface area contributed by atoms with E-state index in [0.717, 1.165) is 39.9 Å². The topological polar surface area (TPSA) is 51.2 Å². The Kier molecular flexibility index (Phi) is 3.80. The third-order valence-electron chi connectivity index (χ3n) is 4.98. The molecular formula is C21H21NO4. The van der Waals surface area contributed by atoms with Gasteiger partial charge in [-0.25, -0.2) is 0 Å². The molecule has 1 heterocycles. The summed E-state index contributed by atoms with van der Waals surface area (Å²) in [4.78, 5) is 2.21. The number of anilines is 1. The molecule has 0 aliphatic carbocycles. The number of rotatable bonds is 3. The van der Waals surface area contributed by atoms with Gasteiger partial charge in [0.05, 0.1) is 27.0 Å². The van der Waals surface area contributed by atoms with Crippen molar-refractivity contribution in [3.05, 3.63) is 42.0 Å². The summed E-state index contributed by atoms with van der Waals surface area (Å²) in [5.74, 6) is 2.06. The minimum absolute atomic E-state index is 0.144. The van der Waals surface area contributed by atoms with Crippen LogP contribution >= 0.6 is 0 Å². The number of hydrogen-bond acceptors (Lipinski definition) is 5. The highest BCUT2D eigenvalue weighted by atomic mass is 16.5. The fourth-order valence-corrected chi connectivity index (χ4v) is 3.75. The third-order valence-corrected chi connectivity index (χ3v) is 4.98. The van der Waals surface area contributed by atoms with Gasteiger partial charge < -0.3 is 24.2 Å². The van der Waals surface area contributed by atoms with Gasteiger partial charge in [-0.3, -0.25) is 0 Å². The highest BCUT2D eigenvalue weighted by Crippen LogP contribution is 2.47. The third kappa shape index (κ3) is 2.31. The number of phenols is 1. The summed E-state index contributed by atoms with van der Waals surface area (Å²) in [6.07, 6.45) is 0. The molecule has 26 heavy (non-hydrogen) atoms. The van der Waals surface area contributed by atoms with Crippen LogP contribution in [0.4, 0.5) is 5.69 Å². The monoisotopic (exact) mass is 351 g/mol. The van der Waals surface area contributed by atoms with Crippen molar-refractivity contribution in [1.82, 2.24) is 0 Å². The zero-order valence-corrected chi connectivity index (χ0v) is 15.3. The van der Waals surface area contributed by atoms with Gasteiger partial charge in [0.2, 0.25) is 0 Å². The molecule has 0 aromatic heterocycles. The Morgan fingerprint density at radius 2 is 1.54 bits per heavy atom. The van der Waals surface area contributed by atoms with Crippen LogP contribution in [0.15, 0.2) is 36.4 Å². The number of aromatic hydroxyl groups is 1. The van der Waals surface area contributed by atoms with Gasteiger partial charge in [0.25, 0.3) is 0 Å². The molecule has 0 saturated carbocycles. The average molecular weight is 351 g/mol. The molecule has 1 aliphatic heterocycles. The average Bonchev–Trinajstić information content (AvgIpc) is 2.65. The van der Waals surface area contributed by atoms with Gasteiger partial charge in [0.1, 0.15) is 0 Å². The maximum atomic E-state index is 10.1. The van der Waals surface area contributed by atoms with Crippen molar-refractivity contribution < 1.29 is 19.3 Å². The van der Waals surface area contributed by atoms with E-state index in [1.807, 2.05) is 24.3 Å². The van der Waals surface area contributed by atoms with Gasteiger partial charge in [-0.15, -0.1) is 0 Å². The molecule has 5 heteroatoms. The molecule has 0 radical (unpaired) electrons. The van der Waals surface area contributed by atoms with Crippen LogP contribution in [0.2, 0.25) is 0 Å². The Hall–Kier alpha value is -3.08. The second-order valence-electron chi connectivity index (χ2n) is 6.43. The summed E-state index contributed by atoms with van der Waals surface area (Å²) < 4.78 is 16.3. The minimum atomic E-state index is 0.144. The lowest BCUT2D eigenvalue weighted by atomic mass is 9.90. The first-order chi connectivity index (χ1) is 12.6. The van der Waals surface area contributed by atoms with Crippen molar-refractivity contribution >= 4 is 16.5 Å². The summed E-state index contributed by atoms with van der Waals surface area (Å²) in [6.45, 7) is 0.755. The predicted molar refractivity (Wildman–Crippen MR) is 103 cm³/mol. The Morgan fingerprint density at radius 3 is 2.23 bits per heavy atom. The maximum Gasteiger partial charge on any atom is 0.161 e. The van der Waals surface area contributed by atoms with E-state index in [9.17, 15) is 5.11 Å². The number of fused-ring (bicyclic) bond motifs is 5. The van der Waals surface area contributed by atoms with Crippen molar-refractivity contribution in [3.8, 4) is 34.1 Å². The summed E-state index contributed by atoms with van der Waals surface area (Å²) in [5.41, 5.74) is 4.54. The summed E-state index contributed by atoms with van der Waals surface area (Å²) in [7, 11) is 6.93. The van der Waals surface area contributed by atoms with E-state index in [4.69, 9.17) is 14.2 Å². The van der Waals surface area contributed by atoms with Crippen LogP contribution in [-0.2, 0) is 6.54 Å². The number of benzene rings is 3. The number of nitrogens with zero attached hydrogens (tertiary/aromatic N) is 1. The van der Waals surface area contributed by atoms with Gasteiger partial charge in [-0.05, 0) is 40.8 Å². The quantitative estimate of drug-likeness (QED) is 0.767. The van der Waals surface area contributed by atoms with Crippen molar-refractivity contribution in [3.63, 3.8) is 0 Å². The lowest BCUT2D eigenvalue weighted by Gasteiger charge is -2.31. The predicted octanol–water partition coefficient (Wildman–Crippen LogP) is 4.19. The van der Waals surface area contributed by atoms with E-state index in [1.54, 1.807) is 27.4 Å². The molecule has 0 saturated heterocycles. The zero-order chi connectivity index (χ0) is 18.4. The molecule has 3 aromatic carbocycles. The van der Waals surface area contributed by atoms with Crippen LogP contribution < -0.4 is 19.1 Å². The Balaban J connectivity index is 2.02. The van der Waals surface area contributed by atoms with Gasteiger partial charge in [0, 0.05) is 24.5 Å². The molecule has 0 unspecified atom stereocenters. The van der Waals surface area contributed by atoms with E-state index in [-0.39, 0.29) is 5.75 Å². The molecule has 0 bridgehead atoms. The maximum absolute atomic E-state index is 10.1. The first-order valence-corrected chi connectivity index (χ1v) is 8.37. The minimum Gasteiger partial charge on any atom is -0.504 e. The number of ether oxygens (including phenoxy) is 3. The largest absolute Gasteiger partial charge is 0.504 e. The van der Waals surface area contributed by atoms with Crippen molar-refractivity contribution in [2.24, 2.45) is 0 Å². The summed E-state index contributed by atoms with van der Waals surface area (Å²) in [5, 5.41) is 12.1. The molecule has 0 amide bonds. The standard InChI is InChI=1S/C21H21NO4/c1-22-11-13-8-19(25-3)20(26-4)9-15(13)14-6-5-12-7-17(23)18(24-2)10-16(12)21(14)22/h5-10,23H,11H2,1-4H3. The second kappa shape index (κ2) is 6.02. The molecule has 1 aliphatic rings. The van der Waals surface area contributed by atoms with E-state index in [2.05, 4.69) is 18.0 Å². The number of methoxy groups -OCH3 is 3. The van der Waals surface area contributed by atoms with Crippen molar-refractivity contribution in [2.45, 2.75) is 6.54 Å². The smallest absolute Gasteiger partial charge is 0.161 e. The van der Waals surface area contributed by atoms with Gasteiger partial charge in [-0.1, -0.05) is 12.1 Å². The fourth-order valence-electron chi connectivity index (χ4n) is 3.75. The summed E-state index contributed by atoms with van der Waals surface area (Å²) >= 11 is 0. The fraction of sp³-hybridized carbons (Fsp3) is 0.238. The van der Waals surface area contributed by atoms with E-state index >= 15 is 0 Å². The molecule has 3 aromatic rings. The highest BCUT2D eigenvalue weighted by molar-refractivity contribution is 6.05. The highest BCUT2D eigenvalue weighted by Gasteiger charge is 2.24. The van der Waals surface area contributed by atoms with Crippen LogP contribution in [0.1, 0.15) is 5.56 Å². The van der Waals surface area contributed by atoms with Crippen molar-refractivity contribution in [2.75, 3.05) is 33.3 Å². The van der Waals surface area contributed by atoms with Crippen LogP contribution in [0.25, 0.3) is 21.9 Å². The van der Waals surface area contributed by atoms with Crippen LogP contribution in [0.5, 0.6) is 23.0 Å².